The fourth-order valence-electron chi connectivity index (χ4n) is 3.31. The molecule has 0 spiro atoms. The number of rotatable bonds is 9. The maximum Gasteiger partial charge on any atom is 0.220 e. The van der Waals surface area contributed by atoms with E-state index in [9.17, 15) is 9.18 Å². The van der Waals surface area contributed by atoms with E-state index in [1.165, 1.54) is 12.1 Å². The van der Waals surface area contributed by atoms with Crippen LogP contribution in [0.3, 0.4) is 0 Å². The van der Waals surface area contributed by atoms with Crippen molar-refractivity contribution in [3.63, 3.8) is 0 Å². The Balaban J connectivity index is 1.28. The number of hydrogen-bond acceptors (Lipinski definition) is 5. The van der Waals surface area contributed by atoms with E-state index in [0.29, 0.717) is 25.8 Å². The number of piperazine rings is 1. The molecule has 1 fully saturated rings. The lowest BCUT2D eigenvalue weighted by Crippen LogP contribution is -2.48. The average molecular weight is 371 g/mol. The van der Waals surface area contributed by atoms with E-state index in [0.717, 1.165) is 44.8 Å². The van der Waals surface area contributed by atoms with Crippen LogP contribution < -0.4 is 10.2 Å². The highest BCUT2D eigenvalue weighted by Gasteiger charge is 2.39. The summed E-state index contributed by atoms with van der Waals surface area (Å²) in [5.74, 6) is 2.42. The van der Waals surface area contributed by atoms with Gasteiger partial charge in [-0.25, -0.2) is 4.39 Å². The summed E-state index contributed by atoms with van der Waals surface area (Å²) in [6.07, 6.45) is 7.70. The molecule has 2 aliphatic heterocycles. The zero-order valence-electron chi connectivity index (χ0n) is 15.5. The van der Waals surface area contributed by atoms with Crippen molar-refractivity contribution in [1.29, 1.82) is 0 Å². The first kappa shape index (κ1) is 19.3. The van der Waals surface area contributed by atoms with E-state index < -0.39 is 0 Å². The van der Waals surface area contributed by atoms with Crippen molar-refractivity contribution in [3.8, 4) is 12.3 Å². The number of carbonyl (C=O) groups excluding carboxylic acids is 1. The summed E-state index contributed by atoms with van der Waals surface area (Å²) < 4.78 is 13.0. The molecule has 0 bridgehead atoms. The van der Waals surface area contributed by atoms with Gasteiger partial charge < -0.3 is 10.2 Å². The number of nitrogens with zero attached hydrogens (tertiary/aromatic N) is 4. The number of halogens is 1. The van der Waals surface area contributed by atoms with Crippen molar-refractivity contribution in [2.45, 2.75) is 31.3 Å². The van der Waals surface area contributed by atoms with Gasteiger partial charge in [0, 0.05) is 70.6 Å². The number of benzene rings is 1. The summed E-state index contributed by atoms with van der Waals surface area (Å²) in [7, 11) is 0. The smallest absolute Gasteiger partial charge is 0.220 e. The lowest BCUT2D eigenvalue weighted by Gasteiger charge is -2.36. The van der Waals surface area contributed by atoms with Crippen LogP contribution in [0.1, 0.15) is 25.7 Å². The molecule has 7 heteroatoms. The molecule has 6 nitrogen and oxygen atoms in total. The molecule has 2 aliphatic rings. The Kier molecular flexibility index (Phi) is 6.40. The van der Waals surface area contributed by atoms with Gasteiger partial charge in [-0.1, -0.05) is 0 Å². The monoisotopic (exact) mass is 371 g/mol. The zero-order valence-corrected chi connectivity index (χ0v) is 15.5. The first-order valence-electron chi connectivity index (χ1n) is 9.47. The molecule has 0 aromatic heterocycles. The zero-order chi connectivity index (χ0) is 19.1. The molecule has 3 rings (SSSR count). The van der Waals surface area contributed by atoms with Gasteiger partial charge in [0.05, 0.1) is 0 Å². The van der Waals surface area contributed by atoms with Crippen LogP contribution in [0.5, 0.6) is 0 Å². The minimum atomic E-state index is -0.389. The van der Waals surface area contributed by atoms with Crippen LogP contribution in [0.15, 0.2) is 34.5 Å². The molecular formula is C20H26FN5O. The summed E-state index contributed by atoms with van der Waals surface area (Å²) in [6, 6.07) is 6.63. The fourth-order valence-corrected chi connectivity index (χ4v) is 3.31. The molecule has 0 atom stereocenters. The van der Waals surface area contributed by atoms with Crippen molar-refractivity contribution >= 4 is 11.6 Å². The lowest BCUT2D eigenvalue weighted by molar-refractivity contribution is -0.121. The second-order valence-corrected chi connectivity index (χ2v) is 7.04. The van der Waals surface area contributed by atoms with Crippen LogP contribution in [0.2, 0.25) is 0 Å². The van der Waals surface area contributed by atoms with Gasteiger partial charge in [0.25, 0.3) is 0 Å². The predicted octanol–water partition coefficient (Wildman–Crippen LogP) is 2.42. The molecule has 27 heavy (non-hydrogen) atoms. The molecule has 1 saturated heterocycles. The molecule has 0 unspecified atom stereocenters. The van der Waals surface area contributed by atoms with Crippen LogP contribution in [0, 0.1) is 18.2 Å². The molecule has 1 aromatic rings. The average Bonchev–Trinajstić information content (AvgIpc) is 3.46. The standard InChI is InChI=1S/C20H26FN5O/c1-2-3-9-20(23-24-20)10-8-19(27)22-11-12-25-13-15-26(16-14-25)18-6-4-17(21)5-7-18/h1,4-7H,3,8-16H2,(H,22,27). The molecule has 2 heterocycles. The SMILES string of the molecule is C#CCCC1(CCC(=O)NCCN2CCN(c3ccc(F)cc3)CC2)N=N1. The molecule has 0 radical (unpaired) electrons. The molecule has 144 valence electrons. The van der Waals surface area contributed by atoms with Crippen LogP contribution in [0.25, 0.3) is 0 Å². The van der Waals surface area contributed by atoms with Crippen LogP contribution >= 0.6 is 0 Å². The molecule has 1 aromatic carbocycles. The number of anilines is 1. The van der Waals surface area contributed by atoms with Gasteiger partial charge in [0.1, 0.15) is 5.82 Å². The number of carbonyl (C=O) groups is 1. The van der Waals surface area contributed by atoms with Gasteiger partial charge in [0.2, 0.25) is 5.91 Å². The van der Waals surface area contributed by atoms with E-state index >= 15 is 0 Å². The topological polar surface area (TPSA) is 60.3 Å². The van der Waals surface area contributed by atoms with Gasteiger partial charge in [0.15, 0.2) is 5.66 Å². The van der Waals surface area contributed by atoms with Crippen LogP contribution in [-0.4, -0.2) is 55.7 Å². The fraction of sp³-hybridized carbons (Fsp3) is 0.550. The highest BCUT2D eigenvalue weighted by atomic mass is 19.1. The van der Waals surface area contributed by atoms with E-state index in [1.54, 1.807) is 0 Å². The number of amides is 1. The van der Waals surface area contributed by atoms with Gasteiger partial charge in [-0.15, -0.1) is 12.3 Å². The van der Waals surface area contributed by atoms with Crippen molar-refractivity contribution < 1.29 is 9.18 Å². The van der Waals surface area contributed by atoms with Gasteiger partial charge in [-0.05, 0) is 24.3 Å². The Labute approximate surface area is 159 Å². The largest absolute Gasteiger partial charge is 0.369 e. The van der Waals surface area contributed by atoms with Crippen molar-refractivity contribution in [1.82, 2.24) is 10.2 Å². The quantitative estimate of drug-likeness (QED) is 0.678. The Morgan fingerprint density at radius 2 is 1.89 bits per heavy atom. The normalized spacial score (nSPS) is 18.1. The third-order valence-corrected chi connectivity index (χ3v) is 5.12. The third-order valence-electron chi connectivity index (χ3n) is 5.12. The molecule has 0 aliphatic carbocycles. The summed E-state index contributed by atoms with van der Waals surface area (Å²) in [5, 5.41) is 11.1. The Morgan fingerprint density at radius 1 is 1.19 bits per heavy atom. The van der Waals surface area contributed by atoms with Gasteiger partial charge in [-0.3, -0.25) is 9.69 Å². The van der Waals surface area contributed by atoms with Crippen molar-refractivity contribution in [3.05, 3.63) is 30.1 Å². The van der Waals surface area contributed by atoms with Crippen molar-refractivity contribution in [2.75, 3.05) is 44.2 Å². The Morgan fingerprint density at radius 3 is 2.52 bits per heavy atom. The maximum atomic E-state index is 13.0. The van der Waals surface area contributed by atoms with E-state index in [4.69, 9.17) is 6.42 Å². The van der Waals surface area contributed by atoms with Gasteiger partial charge in [-0.2, -0.15) is 10.2 Å². The number of nitrogens with one attached hydrogen (secondary N) is 1. The minimum Gasteiger partial charge on any atom is -0.369 e. The first-order chi connectivity index (χ1) is 13.1. The molecule has 1 N–H and O–H groups in total. The summed E-state index contributed by atoms with van der Waals surface area (Å²) in [4.78, 5) is 16.6. The maximum absolute atomic E-state index is 13.0. The number of terminal acetylenes is 1. The van der Waals surface area contributed by atoms with Crippen molar-refractivity contribution in [2.24, 2.45) is 10.2 Å². The third kappa shape index (κ3) is 5.76. The predicted molar refractivity (Wildman–Crippen MR) is 103 cm³/mol. The first-order valence-corrected chi connectivity index (χ1v) is 9.47. The van der Waals surface area contributed by atoms with E-state index in [2.05, 4.69) is 31.3 Å². The second kappa shape index (κ2) is 8.96. The van der Waals surface area contributed by atoms with E-state index in [1.807, 2.05) is 12.1 Å². The highest BCUT2D eigenvalue weighted by Crippen LogP contribution is 2.37. The Hall–Kier alpha value is -2.46. The molecule has 0 saturated carbocycles. The number of hydrogen-bond donors (Lipinski definition) is 1. The van der Waals surface area contributed by atoms with E-state index in [-0.39, 0.29) is 17.4 Å². The van der Waals surface area contributed by atoms with Gasteiger partial charge >= 0.3 is 0 Å². The minimum absolute atomic E-state index is 0.0392. The molecular weight excluding hydrogens is 345 g/mol. The summed E-state index contributed by atoms with van der Waals surface area (Å²) >= 11 is 0. The van der Waals surface area contributed by atoms with Crippen LogP contribution in [0.4, 0.5) is 10.1 Å². The highest BCUT2D eigenvalue weighted by molar-refractivity contribution is 5.76. The summed E-state index contributed by atoms with van der Waals surface area (Å²) in [5.41, 5.74) is 0.666. The second-order valence-electron chi connectivity index (χ2n) is 7.04. The molecule has 1 amide bonds. The Bertz CT molecular complexity index is 698. The lowest BCUT2D eigenvalue weighted by atomic mass is 10.0. The summed E-state index contributed by atoms with van der Waals surface area (Å²) in [6.45, 7) is 5.14. The van der Waals surface area contributed by atoms with Crippen LogP contribution in [-0.2, 0) is 4.79 Å².